The highest BCUT2D eigenvalue weighted by Crippen LogP contribution is 2.37. The minimum Gasteiger partial charge on any atom is -0.489 e. The third-order valence-electron chi connectivity index (χ3n) is 3.82. The van der Waals surface area contributed by atoms with Crippen LogP contribution in [0.15, 0.2) is 18.2 Å². The number of benzene rings is 1. The molecular weight excluding hydrogens is 242 g/mol. The van der Waals surface area contributed by atoms with Gasteiger partial charge in [0.2, 0.25) is 0 Å². The molecule has 4 nitrogen and oxygen atoms in total. The summed E-state index contributed by atoms with van der Waals surface area (Å²) in [5.74, 6) is -0.594. The molecule has 0 saturated heterocycles. The van der Waals surface area contributed by atoms with Crippen molar-refractivity contribution in [1.82, 2.24) is 0 Å². The second-order valence-corrected chi connectivity index (χ2v) is 6.04. The maximum Gasteiger partial charge on any atom is 0.339 e. The number of anilines is 1. The van der Waals surface area contributed by atoms with Gasteiger partial charge in [0.15, 0.2) is 0 Å². The molecule has 4 heteroatoms. The van der Waals surface area contributed by atoms with Crippen LogP contribution in [0.4, 0.5) is 5.69 Å². The molecule has 0 aromatic heterocycles. The minimum atomic E-state index is -0.980. The van der Waals surface area contributed by atoms with Crippen molar-refractivity contribution in [2.45, 2.75) is 45.6 Å². The molecule has 1 saturated carbocycles. The highest BCUT2D eigenvalue weighted by molar-refractivity contribution is 5.91. The lowest BCUT2D eigenvalue weighted by Crippen LogP contribution is -2.28. The normalized spacial score (nSPS) is 19.1. The second kappa shape index (κ2) is 5.11. The standard InChI is InChI=1S/C15H21NO3/c1-15(2)7-5-11(6-8-15)19-13-9-10(16)3-4-12(13)14(17)18/h3-4,9,11H,5-8,16H2,1-2H3,(H,17,18). The molecule has 0 atom stereocenters. The Labute approximate surface area is 113 Å². The number of nitrogens with two attached hydrogens (primary N) is 1. The van der Waals surface area contributed by atoms with E-state index in [2.05, 4.69) is 13.8 Å². The molecule has 0 heterocycles. The number of hydrogen-bond donors (Lipinski definition) is 2. The Bertz CT molecular complexity index is 472. The van der Waals surface area contributed by atoms with Gasteiger partial charge in [-0.25, -0.2) is 4.79 Å². The fraction of sp³-hybridized carbons (Fsp3) is 0.533. The average molecular weight is 263 g/mol. The highest BCUT2D eigenvalue weighted by atomic mass is 16.5. The molecule has 1 aromatic carbocycles. The molecule has 104 valence electrons. The molecule has 1 aliphatic rings. The van der Waals surface area contributed by atoms with Gasteiger partial charge < -0.3 is 15.6 Å². The monoisotopic (exact) mass is 263 g/mol. The number of ether oxygens (including phenoxy) is 1. The predicted molar refractivity (Wildman–Crippen MR) is 74.5 cm³/mol. The van der Waals surface area contributed by atoms with Crippen LogP contribution in [0.5, 0.6) is 5.75 Å². The Morgan fingerprint density at radius 1 is 1.37 bits per heavy atom. The lowest BCUT2D eigenvalue weighted by atomic mass is 9.76. The van der Waals surface area contributed by atoms with Crippen LogP contribution >= 0.6 is 0 Å². The molecule has 3 N–H and O–H groups in total. The van der Waals surface area contributed by atoms with Crippen LogP contribution in [0.1, 0.15) is 49.9 Å². The Morgan fingerprint density at radius 2 is 2.00 bits per heavy atom. The Hall–Kier alpha value is -1.71. The maximum atomic E-state index is 11.2. The first kappa shape index (κ1) is 13.7. The SMILES string of the molecule is CC1(C)CCC(Oc2cc(N)ccc2C(=O)O)CC1. The maximum absolute atomic E-state index is 11.2. The summed E-state index contributed by atoms with van der Waals surface area (Å²) in [5, 5.41) is 9.15. The Balaban J connectivity index is 2.11. The van der Waals surface area contributed by atoms with E-state index in [4.69, 9.17) is 15.6 Å². The molecule has 0 radical (unpaired) electrons. The smallest absolute Gasteiger partial charge is 0.339 e. The van der Waals surface area contributed by atoms with E-state index in [9.17, 15) is 4.79 Å². The van der Waals surface area contributed by atoms with Crippen LogP contribution in [0.3, 0.4) is 0 Å². The number of carboxylic acids is 1. The van der Waals surface area contributed by atoms with E-state index in [0.29, 0.717) is 16.9 Å². The summed E-state index contributed by atoms with van der Waals surface area (Å²) in [4.78, 5) is 11.2. The van der Waals surface area contributed by atoms with Gasteiger partial charge in [0.25, 0.3) is 0 Å². The molecule has 1 fully saturated rings. The summed E-state index contributed by atoms with van der Waals surface area (Å²) in [6.45, 7) is 4.51. The summed E-state index contributed by atoms with van der Waals surface area (Å²) in [6, 6.07) is 4.68. The fourth-order valence-electron chi connectivity index (χ4n) is 2.48. The number of aromatic carboxylic acids is 1. The lowest BCUT2D eigenvalue weighted by Gasteiger charge is -2.34. The van der Waals surface area contributed by atoms with Crippen molar-refractivity contribution >= 4 is 11.7 Å². The van der Waals surface area contributed by atoms with Crippen LogP contribution in [-0.4, -0.2) is 17.2 Å². The molecule has 0 bridgehead atoms. The Kier molecular flexibility index (Phi) is 3.69. The van der Waals surface area contributed by atoms with Crippen LogP contribution in [0.2, 0.25) is 0 Å². The van der Waals surface area contributed by atoms with Crippen molar-refractivity contribution in [2.24, 2.45) is 5.41 Å². The first-order chi connectivity index (χ1) is 8.87. The van der Waals surface area contributed by atoms with Gasteiger partial charge in [-0.3, -0.25) is 0 Å². The molecule has 0 spiro atoms. The average Bonchev–Trinajstić information content (AvgIpc) is 2.31. The molecule has 1 aromatic rings. The molecule has 19 heavy (non-hydrogen) atoms. The van der Waals surface area contributed by atoms with Crippen LogP contribution < -0.4 is 10.5 Å². The number of carbonyl (C=O) groups is 1. The third kappa shape index (κ3) is 3.40. The summed E-state index contributed by atoms with van der Waals surface area (Å²) in [7, 11) is 0. The van der Waals surface area contributed by atoms with Gasteiger partial charge in [-0.15, -0.1) is 0 Å². The summed E-state index contributed by atoms with van der Waals surface area (Å²) >= 11 is 0. The second-order valence-electron chi connectivity index (χ2n) is 6.04. The predicted octanol–water partition coefficient (Wildman–Crippen LogP) is 3.31. The highest BCUT2D eigenvalue weighted by Gasteiger charge is 2.28. The molecule has 2 rings (SSSR count). The Morgan fingerprint density at radius 3 is 2.58 bits per heavy atom. The van der Waals surface area contributed by atoms with E-state index in [0.717, 1.165) is 25.7 Å². The number of rotatable bonds is 3. The van der Waals surface area contributed by atoms with Gasteiger partial charge >= 0.3 is 5.97 Å². The van der Waals surface area contributed by atoms with Gasteiger partial charge in [-0.1, -0.05) is 13.8 Å². The molecule has 0 aliphatic heterocycles. The van der Waals surface area contributed by atoms with E-state index >= 15 is 0 Å². The fourth-order valence-corrected chi connectivity index (χ4v) is 2.48. The molecule has 0 unspecified atom stereocenters. The van der Waals surface area contributed by atoms with Crippen molar-refractivity contribution in [3.8, 4) is 5.75 Å². The van der Waals surface area contributed by atoms with Gasteiger partial charge in [0.05, 0.1) is 6.10 Å². The quantitative estimate of drug-likeness (QED) is 0.820. The van der Waals surface area contributed by atoms with Crippen LogP contribution in [0, 0.1) is 5.41 Å². The number of hydrogen-bond acceptors (Lipinski definition) is 3. The first-order valence-corrected chi connectivity index (χ1v) is 6.67. The molecular formula is C15H21NO3. The zero-order chi connectivity index (χ0) is 14.0. The van der Waals surface area contributed by atoms with Crippen molar-refractivity contribution in [3.63, 3.8) is 0 Å². The topological polar surface area (TPSA) is 72.5 Å². The summed E-state index contributed by atoms with van der Waals surface area (Å²) in [5.41, 5.74) is 6.77. The first-order valence-electron chi connectivity index (χ1n) is 6.67. The van der Waals surface area contributed by atoms with Crippen LogP contribution in [-0.2, 0) is 0 Å². The van der Waals surface area contributed by atoms with Gasteiger partial charge in [0, 0.05) is 11.8 Å². The van der Waals surface area contributed by atoms with E-state index in [1.165, 1.54) is 6.07 Å². The molecule has 1 aliphatic carbocycles. The largest absolute Gasteiger partial charge is 0.489 e. The summed E-state index contributed by atoms with van der Waals surface area (Å²) < 4.78 is 5.86. The van der Waals surface area contributed by atoms with Crippen molar-refractivity contribution in [2.75, 3.05) is 5.73 Å². The minimum absolute atomic E-state index is 0.0907. The van der Waals surface area contributed by atoms with Crippen LogP contribution in [0.25, 0.3) is 0 Å². The van der Waals surface area contributed by atoms with E-state index in [-0.39, 0.29) is 11.7 Å². The lowest BCUT2D eigenvalue weighted by molar-refractivity contribution is 0.0675. The zero-order valence-corrected chi connectivity index (χ0v) is 11.5. The number of nitrogen functional groups attached to an aromatic ring is 1. The van der Waals surface area contributed by atoms with Crippen molar-refractivity contribution in [3.05, 3.63) is 23.8 Å². The summed E-state index contributed by atoms with van der Waals surface area (Å²) in [6.07, 6.45) is 4.21. The van der Waals surface area contributed by atoms with E-state index < -0.39 is 5.97 Å². The number of carboxylic acid groups (broad SMARTS) is 1. The zero-order valence-electron chi connectivity index (χ0n) is 11.5. The molecule has 0 amide bonds. The van der Waals surface area contributed by atoms with Crippen molar-refractivity contribution in [1.29, 1.82) is 0 Å². The van der Waals surface area contributed by atoms with Gasteiger partial charge in [0.1, 0.15) is 11.3 Å². The van der Waals surface area contributed by atoms with Gasteiger partial charge in [-0.05, 0) is 43.2 Å². The third-order valence-corrected chi connectivity index (χ3v) is 3.82. The van der Waals surface area contributed by atoms with Crippen molar-refractivity contribution < 1.29 is 14.6 Å². The van der Waals surface area contributed by atoms with Gasteiger partial charge in [-0.2, -0.15) is 0 Å². The van der Waals surface area contributed by atoms with E-state index in [1.54, 1.807) is 12.1 Å². The van der Waals surface area contributed by atoms with E-state index in [1.807, 2.05) is 0 Å².